The van der Waals surface area contributed by atoms with E-state index < -0.39 is 0 Å². The fourth-order valence-corrected chi connectivity index (χ4v) is 3.72. The Labute approximate surface area is 165 Å². The summed E-state index contributed by atoms with van der Waals surface area (Å²) in [6.07, 6.45) is 0.478. The van der Waals surface area contributed by atoms with Crippen molar-refractivity contribution in [1.29, 1.82) is 0 Å². The van der Waals surface area contributed by atoms with Crippen molar-refractivity contribution < 1.29 is 9.53 Å². The van der Waals surface area contributed by atoms with Crippen LogP contribution in [0.1, 0.15) is 42.3 Å². The van der Waals surface area contributed by atoms with Gasteiger partial charge in [0.2, 0.25) is 0 Å². The van der Waals surface area contributed by atoms with Crippen molar-refractivity contribution in [2.24, 2.45) is 0 Å². The second-order valence-electron chi connectivity index (χ2n) is 7.42. The number of rotatable bonds is 4. The monoisotopic (exact) mass is 375 g/mol. The summed E-state index contributed by atoms with van der Waals surface area (Å²) in [6.45, 7) is 5.81. The quantitative estimate of drug-likeness (QED) is 0.665. The topological polar surface area (TPSA) is 47.4 Å². The van der Waals surface area contributed by atoms with E-state index in [1.807, 2.05) is 53.2 Å². The maximum Gasteiger partial charge on any atom is 0.410 e. The van der Waals surface area contributed by atoms with Crippen LogP contribution in [0.4, 0.5) is 4.79 Å². The molecular formula is C23H25N3O2. The predicted octanol–water partition coefficient (Wildman–Crippen LogP) is 4.69. The molecule has 5 nitrogen and oxygen atoms in total. The van der Waals surface area contributed by atoms with Crippen molar-refractivity contribution in [2.75, 3.05) is 6.54 Å². The summed E-state index contributed by atoms with van der Waals surface area (Å²) >= 11 is 0. The first-order chi connectivity index (χ1) is 13.6. The van der Waals surface area contributed by atoms with E-state index in [1.165, 1.54) is 5.69 Å². The van der Waals surface area contributed by atoms with Gasteiger partial charge in [0, 0.05) is 18.5 Å². The van der Waals surface area contributed by atoms with Gasteiger partial charge in [-0.1, -0.05) is 62.4 Å². The molecule has 0 atom stereocenters. The Balaban J connectivity index is 1.54. The van der Waals surface area contributed by atoms with Gasteiger partial charge in [-0.3, -0.25) is 0 Å². The molecule has 4 rings (SSSR count). The average molecular weight is 375 g/mol. The van der Waals surface area contributed by atoms with E-state index in [1.54, 1.807) is 4.90 Å². The summed E-state index contributed by atoms with van der Waals surface area (Å²) < 4.78 is 7.57. The molecular weight excluding hydrogens is 350 g/mol. The number of benzene rings is 2. The van der Waals surface area contributed by atoms with E-state index in [4.69, 9.17) is 9.84 Å². The van der Waals surface area contributed by atoms with Crippen LogP contribution in [0.15, 0.2) is 60.7 Å². The molecule has 0 N–H and O–H groups in total. The van der Waals surface area contributed by atoms with Gasteiger partial charge in [0.25, 0.3) is 0 Å². The van der Waals surface area contributed by atoms with Crippen LogP contribution in [0.25, 0.3) is 5.69 Å². The molecule has 2 aromatic carbocycles. The molecule has 0 spiro atoms. The molecule has 28 heavy (non-hydrogen) atoms. The number of para-hydroxylation sites is 1. The van der Waals surface area contributed by atoms with Crippen molar-refractivity contribution in [1.82, 2.24) is 14.7 Å². The lowest BCUT2D eigenvalue weighted by molar-refractivity contribution is 0.0916. The number of hydrogen-bond donors (Lipinski definition) is 0. The zero-order chi connectivity index (χ0) is 19.5. The number of nitrogens with zero attached hydrogens (tertiary/aromatic N) is 3. The van der Waals surface area contributed by atoms with E-state index in [0.29, 0.717) is 25.6 Å². The van der Waals surface area contributed by atoms with E-state index in [2.05, 4.69) is 26.0 Å². The summed E-state index contributed by atoms with van der Waals surface area (Å²) in [5, 5.41) is 4.87. The van der Waals surface area contributed by atoms with Crippen LogP contribution in [0, 0.1) is 0 Å². The molecule has 0 aliphatic carbocycles. The minimum absolute atomic E-state index is 0.267. The summed E-state index contributed by atoms with van der Waals surface area (Å²) in [5.41, 5.74) is 5.45. The van der Waals surface area contributed by atoms with Gasteiger partial charge < -0.3 is 9.64 Å². The van der Waals surface area contributed by atoms with Gasteiger partial charge in [-0.2, -0.15) is 5.10 Å². The van der Waals surface area contributed by atoms with E-state index in [9.17, 15) is 4.79 Å². The zero-order valence-corrected chi connectivity index (χ0v) is 16.3. The third kappa shape index (κ3) is 3.65. The Kier molecular flexibility index (Phi) is 5.15. The van der Waals surface area contributed by atoms with Crippen LogP contribution in [0.3, 0.4) is 0 Å². The Bertz CT molecular complexity index is 949. The van der Waals surface area contributed by atoms with Gasteiger partial charge in [-0.05, 0) is 23.6 Å². The number of carbonyl (C=O) groups is 1. The maximum atomic E-state index is 12.6. The highest BCUT2D eigenvalue weighted by Gasteiger charge is 2.29. The molecule has 2 heterocycles. The molecule has 0 saturated heterocycles. The molecule has 0 fully saturated rings. The average Bonchev–Trinajstić information content (AvgIpc) is 3.12. The second-order valence-corrected chi connectivity index (χ2v) is 7.42. The molecule has 0 radical (unpaired) electrons. The Morgan fingerprint density at radius 2 is 1.75 bits per heavy atom. The summed E-state index contributed by atoms with van der Waals surface area (Å²) in [5.74, 6) is 0.303. The number of fused-ring (bicyclic) bond motifs is 1. The largest absolute Gasteiger partial charge is 0.445 e. The lowest BCUT2D eigenvalue weighted by atomic mass is 9.99. The van der Waals surface area contributed by atoms with Gasteiger partial charge in [0.1, 0.15) is 6.61 Å². The van der Waals surface area contributed by atoms with Gasteiger partial charge in [-0.15, -0.1) is 0 Å². The van der Waals surface area contributed by atoms with Crippen LogP contribution < -0.4 is 0 Å². The summed E-state index contributed by atoms with van der Waals surface area (Å²) in [7, 11) is 0. The Morgan fingerprint density at radius 3 is 2.43 bits per heavy atom. The smallest absolute Gasteiger partial charge is 0.410 e. The molecule has 1 aliphatic rings. The van der Waals surface area contributed by atoms with Crippen molar-refractivity contribution in [2.45, 2.75) is 39.3 Å². The third-order valence-electron chi connectivity index (χ3n) is 5.08. The second kappa shape index (κ2) is 7.89. The minimum atomic E-state index is -0.267. The minimum Gasteiger partial charge on any atom is -0.445 e. The first-order valence-electron chi connectivity index (χ1n) is 9.75. The Hall–Kier alpha value is -3.08. The van der Waals surface area contributed by atoms with E-state index in [-0.39, 0.29) is 6.09 Å². The van der Waals surface area contributed by atoms with Crippen molar-refractivity contribution in [3.05, 3.63) is 83.2 Å². The predicted molar refractivity (Wildman–Crippen MR) is 108 cm³/mol. The molecule has 0 unspecified atom stereocenters. The SMILES string of the molecule is CC(C)c1c2c(nn1-c1ccccc1)CCN(C(=O)OCc1ccccc1)C2. The van der Waals surface area contributed by atoms with Gasteiger partial charge in [0.15, 0.2) is 0 Å². The number of carbonyl (C=O) groups excluding carboxylic acids is 1. The molecule has 0 saturated carbocycles. The van der Waals surface area contributed by atoms with Crippen LogP contribution in [-0.2, 0) is 24.3 Å². The van der Waals surface area contributed by atoms with Crippen LogP contribution in [0.5, 0.6) is 0 Å². The first-order valence-corrected chi connectivity index (χ1v) is 9.75. The first kappa shape index (κ1) is 18.3. The number of aromatic nitrogens is 2. The number of hydrogen-bond acceptors (Lipinski definition) is 3. The Morgan fingerprint density at radius 1 is 1.07 bits per heavy atom. The highest BCUT2D eigenvalue weighted by Crippen LogP contribution is 2.30. The van der Waals surface area contributed by atoms with Crippen molar-refractivity contribution in [3.8, 4) is 5.69 Å². The summed E-state index contributed by atoms with van der Waals surface area (Å²) in [4.78, 5) is 14.4. The summed E-state index contributed by atoms with van der Waals surface area (Å²) in [6, 6.07) is 20.0. The molecule has 1 amide bonds. The van der Waals surface area contributed by atoms with Crippen molar-refractivity contribution >= 4 is 6.09 Å². The lowest BCUT2D eigenvalue weighted by Gasteiger charge is -2.26. The highest BCUT2D eigenvalue weighted by atomic mass is 16.6. The third-order valence-corrected chi connectivity index (χ3v) is 5.08. The highest BCUT2D eigenvalue weighted by molar-refractivity contribution is 5.68. The molecule has 0 bridgehead atoms. The molecule has 3 aromatic rings. The zero-order valence-electron chi connectivity index (χ0n) is 16.3. The van der Waals surface area contributed by atoms with E-state index >= 15 is 0 Å². The van der Waals surface area contributed by atoms with Gasteiger partial charge >= 0.3 is 6.09 Å². The van der Waals surface area contributed by atoms with Crippen molar-refractivity contribution in [3.63, 3.8) is 0 Å². The maximum absolute atomic E-state index is 12.6. The van der Waals surface area contributed by atoms with Crippen LogP contribution in [-0.4, -0.2) is 27.3 Å². The fraction of sp³-hybridized carbons (Fsp3) is 0.304. The standard InChI is InChI=1S/C23H25N3O2/c1-17(2)22-20-15-25(23(27)28-16-18-9-5-3-6-10-18)14-13-21(20)24-26(22)19-11-7-4-8-12-19/h3-12,17H,13-16H2,1-2H3. The molecule has 144 valence electrons. The molecule has 1 aromatic heterocycles. The lowest BCUT2D eigenvalue weighted by Crippen LogP contribution is -2.36. The van der Waals surface area contributed by atoms with Crippen LogP contribution in [0.2, 0.25) is 0 Å². The normalized spacial score (nSPS) is 13.5. The van der Waals surface area contributed by atoms with Gasteiger partial charge in [0.05, 0.1) is 23.6 Å². The van der Waals surface area contributed by atoms with Gasteiger partial charge in [-0.25, -0.2) is 9.48 Å². The fourth-order valence-electron chi connectivity index (χ4n) is 3.72. The molecule has 5 heteroatoms. The number of amides is 1. The number of ether oxygens (including phenoxy) is 1. The van der Waals surface area contributed by atoms with E-state index in [0.717, 1.165) is 28.9 Å². The van der Waals surface area contributed by atoms with Crippen LogP contribution >= 0.6 is 0 Å². The molecule has 1 aliphatic heterocycles.